The van der Waals surface area contributed by atoms with E-state index in [4.69, 9.17) is 4.74 Å². The van der Waals surface area contributed by atoms with Crippen LogP contribution in [-0.4, -0.2) is 43.1 Å². The lowest BCUT2D eigenvalue weighted by molar-refractivity contribution is -0.139. The Labute approximate surface area is 178 Å². The van der Waals surface area contributed by atoms with Crippen LogP contribution in [0.15, 0.2) is 33.9 Å². The van der Waals surface area contributed by atoms with Crippen molar-refractivity contribution in [1.29, 1.82) is 0 Å². The molecule has 0 aliphatic carbocycles. The van der Waals surface area contributed by atoms with E-state index in [1.807, 2.05) is 0 Å². The van der Waals surface area contributed by atoms with Crippen LogP contribution in [0.5, 0.6) is 0 Å². The van der Waals surface area contributed by atoms with Crippen LogP contribution in [0, 0.1) is 6.92 Å². The fourth-order valence-electron chi connectivity index (χ4n) is 2.95. The Balaban J connectivity index is 2.31. The molecule has 0 saturated carbocycles. The van der Waals surface area contributed by atoms with Gasteiger partial charge in [0.2, 0.25) is 0 Å². The third-order valence-corrected chi connectivity index (χ3v) is 4.66. The number of rotatable bonds is 6. The first-order valence-corrected chi connectivity index (χ1v) is 9.59. The smallest absolute Gasteiger partial charge is 0.408 e. The monoisotopic (exact) mass is 433 g/mol. The minimum absolute atomic E-state index is 0.0302. The van der Waals surface area contributed by atoms with Crippen LogP contribution < -0.4 is 16.6 Å². The van der Waals surface area contributed by atoms with E-state index in [1.54, 1.807) is 39.8 Å². The highest BCUT2D eigenvalue weighted by atomic mass is 16.6. The summed E-state index contributed by atoms with van der Waals surface area (Å²) < 4.78 is 7.30. The van der Waals surface area contributed by atoms with Gasteiger partial charge in [-0.3, -0.25) is 4.79 Å². The highest BCUT2D eigenvalue weighted by Crippen LogP contribution is 2.12. The second-order valence-corrected chi connectivity index (χ2v) is 8.11. The largest absolute Gasteiger partial charge is 0.480 e. The fourth-order valence-corrected chi connectivity index (χ4v) is 2.95. The van der Waals surface area contributed by atoms with Crippen molar-refractivity contribution in [2.45, 2.75) is 52.4 Å². The highest BCUT2D eigenvalue weighted by molar-refractivity contribution is 5.80. The average molecular weight is 433 g/mol. The van der Waals surface area contributed by atoms with Crippen LogP contribution in [0.2, 0.25) is 0 Å². The molecule has 10 heteroatoms. The molecular formula is C21H27N3O7. The van der Waals surface area contributed by atoms with Crippen LogP contribution in [0.3, 0.4) is 0 Å². The zero-order valence-electron chi connectivity index (χ0n) is 18.1. The number of carbonyl (C=O) groups excluding carboxylic acids is 1. The Morgan fingerprint density at radius 3 is 2.23 bits per heavy atom. The Morgan fingerprint density at radius 1 is 1.16 bits per heavy atom. The molecule has 2 rings (SSSR count). The molecule has 0 aliphatic heterocycles. The molecule has 168 valence electrons. The summed E-state index contributed by atoms with van der Waals surface area (Å²) in [6, 6.07) is 4.90. The van der Waals surface area contributed by atoms with Gasteiger partial charge in [-0.05, 0) is 45.4 Å². The topological polar surface area (TPSA) is 140 Å². The number of carboxylic acid groups (broad SMARTS) is 1. The molecule has 0 spiro atoms. The standard InChI is InChI=1S/C21H27N3O7/c1-12-15(11-25)17(26)24(20(30)23(12)5)14-8-6-13(7-9-14)10-16(18(27)28)22-19(29)31-21(2,3)4/h6-9,16,25H,10-11H2,1-5H3,(H,22,29)(H,27,28)/t16-/m0/s1. The SMILES string of the molecule is Cc1c(CO)c(=O)n(-c2ccc(C[C@H](NC(=O)OC(C)(C)C)C(=O)O)cc2)c(=O)n1C. The molecule has 1 aromatic carbocycles. The molecule has 1 aromatic heterocycles. The lowest BCUT2D eigenvalue weighted by Gasteiger charge is -2.22. The number of carbonyl (C=O) groups is 2. The number of hydrogen-bond acceptors (Lipinski definition) is 6. The first kappa shape index (κ1) is 23.9. The van der Waals surface area contributed by atoms with Crippen molar-refractivity contribution in [1.82, 2.24) is 14.5 Å². The van der Waals surface area contributed by atoms with Crippen LogP contribution >= 0.6 is 0 Å². The van der Waals surface area contributed by atoms with Crippen LogP contribution in [-0.2, 0) is 29.6 Å². The Hall–Kier alpha value is -3.40. The van der Waals surface area contributed by atoms with Crippen LogP contribution in [0.1, 0.15) is 37.6 Å². The summed E-state index contributed by atoms with van der Waals surface area (Å²) in [6.45, 7) is 6.07. The summed E-state index contributed by atoms with van der Waals surface area (Å²) in [5.74, 6) is -1.23. The van der Waals surface area contributed by atoms with Gasteiger partial charge in [-0.2, -0.15) is 0 Å². The van der Waals surface area contributed by atoms with Gasteiger partial charge in [0.05, 0.1) is 17.9 Å². The molecule has 0 bridgehead atoms. The molecule has 31 heavy (non-hydrogen) atoms. The van der Waals surface area contributed by atoms with E-state index in [9.17, 15) is 29.4 Å². The molecule has 0 radical (unpaired) electrons. The number of carboxylic acids is 1. The number of benzene rings is 1. The zero-order chi connectivity index (χ0) is 23.5. The van der Waals surface area contributed by atoms with E-state index in [0.29, 0.717) is 11.3 Å². The number of amides is 1. The maximum atomic E-state index is 12.6. The van der Waals surface area contributed by atoms with Crippen molar-refractivity contribution < 1.29 is 24.5 Å². The van der Waals surface area contributed by atoms with Gasteiger partial charge in [-0.25, -0.2) is 19.0 Å². The first-order valence-electron chi connectivity index (χ1n) is 9.59. The molecule has 0 saturated heterocycles. The first-order chi connectivity index (χ1) is 14.4. The molecule has 1 atom stereocenters. The number of alkyl carbamates (subject to hydrolysis) is 1. The number of ether oxygens (including phenoxy) is 1. The Bertz CT molecular complexity index is 1090. The third kappa shape index (κ3) is 5.60. The molecule has 3 N–H and O–H groups in total. The van der Waals surface area contributed by atoms with E-state index in [1.165, 1.54) is 23.7 Å². The maximum Gasteiger partial charge on any atom is 0.408 e. The lowest BCUT2D eigenvalue weighted by atomic mass is 10.1. The van der Waals surface area contributed by atoms with Gasteiger partial charge < -0.3 is 24.8 Å². The summed E-state index contributed by atoms with van der Waals surface area (Å²) in [7, 11) is 1.50. The molecule has 0 aliphatic rings. The van der Waals surface area contributed by atoms with Gasteiger partial charge in [-0.15, -0.1) is 0 Å². The lowest BCUT2D eigenvalue weighted by Crippen LogP contribution is -2.44. The Morgan fingerprint density at radius 2 is 1.74 bits per heavy atom. The number of nitrogens with one attached hydrogen (secondary N) is 1. The van der Waals surface area contributed by atoms with Crippen molar-refractivity contribution in [2.24, 2.45) is 7.05 Å². The predicted octanol–water partition coefficient (Wildman–Crippen LogP) is 0.857. The summed E-state index contributed by atoms with van der Waals surface area (Å²) in [4.78, 5) is 48.6. The third-order valence-electron chi connectivity index (χ3n) is 4.66. The van der Waals surface area contributed by atoms with Gasteiger partial charge in [0, 0.05) is 19.2 Å². The van der Waals surface area contributed by atoms with E-state index in [2.05, 4.69) is 5.32 Å². The van der Waals surface area contributed by atoms with E-state index in [0.717, 1.165) is 4.57 Å². The van der Waals surface area contributed by atoms with Crippen molar-refractivity contribution >= 4 is 12.1 Å². The molecule has 1 heterocycles. The zero-order valence-corrected chi connectivity index (χ0v) is 18.1. The maximum absolute atomic E-state index is 12.6. The number of nitrogens with zero attached hydrogens (tertiary/aromatic N) is 2. The summed E-state index contributed by atoms with van der Waals surface area (Å²) >= 11 is 0. The number of aliphatic hydroxyl groups excluding tert-OH is 1. The average Bonchev–Trinajstić information content (AvgIpc) is 2.66. The van der Waals surface area contributed by atoms with Crippen molar-refractivity contribution in [3.63, 3.8) is 0 Å². The fraction of sp³-hybridized carbons (Fsp3) is 0.429. The van der Waals surface area contributed by atoms with E-state index < -0.39 is 41.6 Å². The molecule has 0 unspecified atom stereocenters. The Kier molecular flexibility index (Phi) is 7.06. The minimum atomic E-state index is -1.23. The molecule has 1 amide bonds. The predicted molar refractivity (Wildman–Crippen MR) is 112 cm³/mol. The number of hydrogen-bond donors (Lipinski definition) is 3. The second kappa shape index (κ2) is 9.17. The van der Waals surface area contributed by atoms with Crippen LogP contribution in [0.25, 0.3) is 5.69 Å². The van der Waals surface area contributed by atoms with E-state index in [-0.39, 0.29) is 17.7 Å². The van der Waals surface area contributed by atoms with Gasteiger partial charge >= 0.3 is 17.8 Å². The van der Waals surface area contributed by atoms with Crippen molar-refractivity contribution in [3.8, 4) is 5.69 Å². The normalized spacial score (nSPS) is 12.3. The quantitative estimate of drug-likeness (QED) is 0.614. The summed E-state index contributed by atoms with van der Waals surface area (Å²) in [5, 5.41) is 21.2. The molecule has 2 aromatic rings. The van der Waals surface area contributed by atoms with Gasteiger partial charge in [0.1, 0.15) is 11.6 Å². The molecular weight excluding hydrogens is 406 g/mol. The number of aliphatic hydroxyl groups is 1. The van der Waals surface area contributed by atoms with Gasteiger partial charge in [0.15, 0.2) is 0 Å². The van der Waals surface area contributed by atoms with Gasteiger partial charge in [0.25, 0.3) is 5.56 Å². The second-order valence-electron chi connectivity index (χ2n) is 8.11. The molecule has 0 fully saturated rings. The number of aromatic nitrogens is 2. The molecule has 10 nitrogen and oxygen atoms in total. The van der Waals surface area contributed by atoms with Crippen molar-refractivity contribution in [3.05, 3.63) is 61.9 Å². The minimum Gasteiger partial charge on any atom is -0.480 e. The van der Waals surface area contributed by atoms with Gasteiger partial charge in [-0.1, -0.05) is 12.1 Å². The summed E-state index contributed by atoms with van der Waals surface area (Å²) in [6.07, 6.45) is -0.875. The highest BCUT2D eigenvalue weighted by Gasteiger charge is 2.24. The van der Waals surface area contributed by atoms with E-state index >= 15 is 0 Å². The van der Waals surface area contributed by atoms with Crippen LogP contribution in [0.4, 0.5) is 4.79 Å². The summed E-state index contributed by atoms with van der Waals surface area (Å²) in [5.41, 5.74) is -0.632. The number of aliphatic carboxylic acids is 1. The van der Waals surface area contributed by atoms with Crippen molar-refractivity contribution in [2.75, 3.05) is 0 Å².